The fourth-order valence-corrected chi connectivity index (χ4v) is 3.31. The van der Waals surface area contributed by atoms with Gasteiger partial charge in [0.2, 0.25) is 0 Å². The van der Waals surface area contributed by atoms with Crippen molar-refractivity contribution in [1.29, 1.82) is 0 Å². The van der Waals surface area contributed by atoms with Crippen LogP contribution >= 0.6 is 11.6 Å². The van der Waals surface area contributed by atoms with Crippen molar-refractivity contribution in [2.45, 2.75) is 6.92 Å². The number of hydrogen-bond acceptors (Lipinski definition) is 5. The Morgan fingerprint density at radius 1 is 0.938 bits per heavy atom. The molecule has 0 bridgehead atoms. The average molecular weight is 451 g/mol. The molecule has 8 heteroatoms. The highest BCUT2D eigenvalue weighted by atomic mass is 35.5. The summed E-state index contributed by atoms with van der Waals surface area (Å²) in [5.41, 5.74) is 2.59. The summed E-state index contributed by atoms with van der Waals surface area (Å²) in [5, 5.41) is 6.09. The minimum Gasteiger partial charge on any atom is -0.494 e. The van der Waals surface area contributed by atoms with Gasteiger partial charge in [-0.25, -0.2) is 0 Å². The maximum Gasteiger partial charge on any atom is 0.291 e. The third-order valence-corrected chi connectivity index (χ3v) is 5.22. The first kappa shape index (κ1) is 21.3. The van der Waals surface area contributed by atoms with Crippen molar-refractivity contribution in [3.05, 3.63) is 89.0 Å². The molecular formula is C24H19ClN2O5. The van der Waals surface area contributed by atoms with Gasteiger partial charge in [-0.05, 0) is 55.0 Å². The number of carbonyl (C=O) groups excluding carboxylic acids is 2. The predicted molar refractivity (Wildman–Crippen MR) is 121 cm³/mol. The standard InChI is InChI=1S/C24H19ClN2O5/c1-14-16(5-3-6-17(14)25)19-10-11-21(32-19)24(29)26-15-8-9-18(22(13-15)30-2)27-23(28)20-7-4-12-31-20/h3-13H,1-2H3,(H,26,29)(H,27,28). The summed E-state index contributed by atoms with van der Waals surface area (Å²) >= 11 is 6.18. The summed E-state index contributed by atoms with van der Waals surface area (Å²) < 4.78 is 16.2. The lowest BCUT2D eigenvalue weighted by Crippen LogP contribution is -2.13. The van der Waals surface area contributed by atoms with Crippen molar-refractivity contribution >= 4 is 34.8 Å². The number of methoxy groups -OCH3 is 1. The molecule has 4 rings (SSSR count). The molecule has 162 valence electrons. The maximum absolute atomic E-state index is 12.7. The average Bonchev–Trinajstić information content (AvgIpc) is 3.49. The molecule has 0 radical (unpaired) electrons. The van der Waals surface area contributed by atoms with E-state index in [9.17, 15) is 9.59 Å². The number of furan rings is 2. The Hall–Kier alpha value is -3.97. The van der Waals surface area contributed by atoms with Crippen LogP contribution in [0, 0.1) is 6.92 Å². The topological polar surface area (TPSA) is 93.7 Å². The van der Waals surface area contributed by atoms with E-state index in [0.717, 1.165) is 11.1 Å². The SMILES string of the molecule is COc1cc(NC(=O)c2ccc(-c3cccc(Cl)c3C)o2)ccc1NC(=O)c1ccco1. The van der Waals surface area contributed by atoms with Crippen molar-refractivity contribution in [3.8, 4) is 17.1 Å². The van der Waals surface area contributed by atoms with Crippen molar-refractivity contribution in [2.24, 2.45) is 0 Å². The highest BCUT2D eigenvalue weighted by molar-refractivity contribution is 6.31. The summed E-state index contributed by atoms with van der Waals surface area (Å²) in [6, 6.07) is 16.9. The van der Waals surface area contributed by atoms with Crippen LogP contribution < -0.4 is 15.4 Å². The van der Waals surface area contributed by atoms with Crippen LogP contribution in [0.1, 0.15) is 26.7 Å². The van der Waals surface area contributed by atoms with Crippen molar-refractivity contribution in [3.63, 3.8) is 0 Å². The molecule has 0 fully saturated rings. The van der Waals surface area contributed by atoms with E-state index in [0.29, 0.717) is 27.9 Å². The van der Waals surface area contributed by atoms with Gasteiger partial charge < -0.3 is 24.2 Å². The lowest BCUT2D eigenvalue weighted by molar-refractivity contribution is 0.0989. The Morgan fingerprint density at radius 3 is 2.50 bits per heavy atom. The molecule has 0 saturated carbocycles. The summed E-state index contributed by atoms with van der Waals surface area (Å²) in [5.74, 6) is 0.400. The number of halogens is 1. The lowest BCUT2D eigenvalue weighted by Gasteiger charge is -2.12. The fourth-order valence-electron chi connectivity index (χ4n) is 3.14. The monoisotopic (exact) mass is 450 g/mol. The third kappa shape index (κ3) is 4.38. The van der Waals surface area contributed by atoms with Crippen LogP contribution in [0.25, 0.3) is 11.3 Å². The lowest BCUT2D eigenvalue weighted by atomic mass is 10.1. The number of nitrogens with one attached hydrogen (secondary N) is 2. The van der Waals surface area contributed by atoms with Crippen LogP contribution in [0.5, 0.6) is 5.75 Å². The van der Waals surface area contributed by atoms with Crippen LogP contribution in [-0.4, -0.2) is 18.9 Å². The highest BCUT2D eigenvalue weighted by Gasteiger charge is 2.16. The fraction of sp³-hybridized carbons (Fsp3) is 0.0833. The van der Waals surface area contributed by atoms with Gasteiger partial charge >= 0.3 is 0 Å². The van der Waals surface area contributed by atoms with E-state index in [-0.39, 0.29) is 11.5 Å². The summed E-state index contributed by atoms with van der Waals surface area (Å²) in [4.78, 5) is 24.9. The molecule has 32 heavy (non-hydrogen) atoms. The number of benzene rings is 2. The molecule has 2 N–H and O–H groups in total. The predicted octanol–water partition coefficient (Wildman–Crippen LogP) is 6.01. The molecule has 7 nitrogen and oxygen atoms in total. The molecule has 2 amide bonds. The van der Waals surface area contributed by atoms with Crippen molar-refractivity contribution in [2.75, 3.05) is 17.7 Å². The molecule has 0 aliphatic rings. The molecule has 4 aromatic rings. The normalized spacial score (nSPS) is 10.6. The second kappa shape index (κ2) is 9.03. The van der Waals surface area contributed by atoms with E-state index in [1.165, 1.54) is 13.4 Å². The quantitative estimate of drug-likeness (QED) is 0.375. The van der Waals surface area contributed by atoms with Crippen LogP contribution in [0.3, 0.4) is 0 Å². The minimum absolute atomic E-state index is 0.147. The third-order valence-electron chi connectivity index (χ3n) is 4.82. The van der Waals surface area contributed by atoms with E-state index < -0.39 is 11.8 Å². The van der Waals surface area contributed by atoms with Gasteiger partial charge in [-0.1, -0.05) is 23.7 Å². The molecule has 0 atom stereocenters. The summed E-state index contributed by atoms with van der Waals surface area (Å²) in [6.07, 6.45) is 1.42. The van der Waals surface area contributed by atoms with Crippen LogP contribution in [0.2, 0.25) is 5.02 Å². The maximum atomic E-state index is 12.7. The zero-order valence-electron chi connectivity index (χ0n) is 17.3. The van der Waals surface area contributed by atoms with Gasteiger partial charge in [0, 0.05) is 22.3 Å². The van der Waals surface area contributed by atoms with Crippen LogP contribution in [-0.2, 0) is 0 Å². The largest absolute Gasteiger partial charge is 0.494 e. The number of anilines is 2. The molecule has 2 heterocycles. The second-order valence-electron chi connectivity index (χ2n) is 6.88. The van der Waals surface area contributed by atoms with Gasteiger partial charge in [0.1, 0.15) is 11.5 Å². The van der Waals surface area contributed by atoms with E-state index in [1.807, 2.05) is 19.1 Å². The molecule has 0 aliphatic heterocycles. The summed E-state index contributed by atoms with van der Waals surface area (Å²) in [6.45, 7) is 1.89. The van der Waals surface area contributed by atoms with Crippen LogP contribution in [0.4, 0.5) is 11.4 Å². The smallest absolute Gasteiger partial charge is 0.291 e. The van der Waals surface area contributed by atoms with Gasteiger partial charge in [0.05, 0.1) is 19.1 Å². The summed E-state index contributed by atoms with van der Waals surface area (Å²) in [7, 11) is 1.47. The van der Waals surface area contributed by atoms with E-state index in [1.54, 1.807) is 48.5 Å². The van der Waals surface area contributed by atoms with Crippen molar-refractivity contribution in [1.82, 2.24) is 0 Å². The number of amides is 2. The Labute approximate surface area is 188 Å². The van der Waals surface area contributed by atoms with E-state index in [2.05, 4.69) is 10.6 Å². The zero-order valence-corrected chi connectivity index (χ0v) is 18.0. The zero-order chi connectivity index (χ0) is 22.7. The van der Waals surface area contributed by atoms with E-state index >= 15 is 0 Å². The first-order valence-corrected chi connectivity index (χ1v) is 10.0. The number of hydrogen-bond donors (Lipinski definition) is 2. The number of ether oxygens (including phenoxy) is 1. The van der Waals surface area contributed by atoms with Crippen molar-refractivity contribution < 1.29 is 23.2 Å². The molecule has 0 saturated heterocycles. The number of carbonyl (C=O) groups is 2. The van der Waals surface area contributed by atoms with Gasteiger partial charge in [-0.3, -0.25) is 9.59 Å². The molecule has 2 aromatic carbocycles. The molecule has 0 spiro atoms. The molecular weight excluding hydrogens is 432 g/mol. The van der Waals surface area contributed by atoms with Gasteiger partial charge in [-0.2, -0.15) is 0 Å². The van der Waals surface area contributed by atoms with E-state index in [4.69, 9.17) is 25.2 Å². The minimum atomic E-state index is -0.426. The van der Waals surface area contributed by atoms with Gasteiger partial charge in [0.25, 0.3) is 11.8 Å². The van der Waals surface area contributed by atoms with Gasteiger partial charge in [-0.15, -0.1) is 0 Å². The molecule has 0 unspecified atom stereocenters. The number of rotatable bonds is 6. The molecule has 2 aromatic heterocycles. The first-order valence-electron chi connectivity index (χ1n) is 9.66. The Morgan fingerprint density at radius 2 is 1.75 bits per heavy atom. The Kier molecular flexibility index (Phi) is 6.00. The van der Waals surface area contributed by atoms with Crippen LogP contribution in [0.15, 0.2) is 75.8 Å². The molecule has 0 aliphatic carbocycles. The van der Waals surface area contributed by atoms with Gasteiger partial charge in [0.15, 0.2) is 11.5 Å². The Balaban J connectivity index is 1.49. The Bertz CT molecular complexity index is 1280. The first-order chi connectivity index (χ1) is 15.5. The highest BCUT2D eigenvalue weighted by Crippen LogP contribution is 2.31. The second-order valence-corrected chi connectivity index (χ2v) is 7.28.